The molecule has 2 rings (SSSR count). The smallest absolute Gasteiger partial charge is 0.411 e. The van der Waals surface area contributed by atoms with Crippen LogP contribution in [-0.2, 0) is 6.18 Å². The highest BCUT2D eigenvalue weighted by Crippen LogP contribution is 2.42. The van der Waals surface area contributed by atoms with Crippen LogP contribution >= 0.6 is 11.3 Å². The maximum atomic E-state index is 13.0. The van der Waals surface area contributed by atoms with Crippen LogP contribution in [0.4, 0.5) is 13.2 Å². The van der Waals surface area contributed by atoms with Crippen molar-refractivity contribution in [3.63, 3.8) is 0 Å². The summed E-state index contributed by atoms with van der Waals surface area (Å²) in [5, 5.41) is 11.6. The molecule has 1 heterocycles. The summed E-state index contributed by atoms with van der Waals surface area (Å²) in [6.07, 6.45) is -4.43. The lowest BCUT2D eigenvalue weighted by atomic mass is 10.1. The van der Waals surface area contributed by atoms with Crippen LogP contribution in [0, 0.1) is 0 Å². The fourth-order valence-corrected chi connectivity index (χ4v) is 2.65. The maximum Gasteiger partial charge on any atom is 0.426 e. The van der Waals surface area contributed by atoms with Gasteiger partial charge in [-0.2, -0.15) is 13.2 Å². The molecule has 0 atom stereocenters. The van der Waals surface area contributed by atoms with Crippen molar-refractivity contribution in [1.82, 2.24) is 0 Å². The van der Waals surface area contributed by atoms with E-state index in [0.29, 0.717) is 21.8 Å². The van der Waals surface area contributed by atoms with Crippen LogP contribution in [0.15, 0.2) is 41.6 Å². The van der Waals surface area contributed by atoms with E-state index >= 15 is 0 Å². The van der Waals surface area contributed by atoms with Crippen LogP contribution in [-0.4, -0.2) is 10.9 Å². The van der Waals surface area contributed by atoms with Gasteiger partial charge in [-0.25, -0.2) is 0 Å². The monoisotopic (exact) mass is 285 g/mol. The summed E-state index contributed by atoms with van der Waals surface area (Å²) in [5.41, 5.74) is 0.761. The molecule has 0 aliphatic heterocycles. The van der Waals surface area contributed by atoms with Crippen LogP contribution < -0.4 is 0 Å². The first-order valence-corrected chi connectivity index (χ1v) is 6.20. The van der Waals surface area contributed by atoms with Gasteiger partial charge in [-0.3, -0.25) is 0 Å². The fourth-order valence-electron chi connectivity index (χ4n) is 1.66. The van der Waals surface area contributed by atoms with Gasteiger partial charge in [0.15, 0.2) is 0 Å². The minimum Gasteiger partial charge on any atom is -0.411 e. The highest BCUT2D eigenvalue weighted by atomic mass is 32.1. The molecule has 2 nitrogen and oxygen atoms in total. The maximum absolute atomic E-state index is 13.0. The van der Waals surface area contributed by atoms with Gasteiger partial charge in [0, 0.05) is 5.56 Å². The number of hydrogen-bond donors (Lipinski definition) is 1. The minimum atomic E-state index is -4.43. The summed E-state index contributed by atoms with van der Waals surface area (Å²) < 4.78 is 39.1. The molecular formula is C13H10F3NOS. The lowest BCUT2D eigenvalue weighted by Gasteiger charge is -2.07. The molecular weight excluding hydrogens is 275 g/mol. The van der Waals surface area contributed by atoms with E-state index in [1.54, 1.807) is 30.3 Å². The standard InChI is InChI=1S/C13H10F3NOS/c1-8(17-18)11-7-10(9-5-3-2-4-6-9)12(19-11)13(14,15)16/h2-7,18H,1H3/b17-8-. The molecule has 1 N–H and O–H groups in total. The Bertz CT molecular complexity index is 602. The second kappa shape index (κ2) is 5.05. The Morgan fingerprint density at radius 1 is 1.21 bits per heavy atom. The fraction of sp³-hybridized carbons (Fsp3) is 0.154. The molecule has 100 valence electrons. The molecule has 0 aliphatic rings. The zero-order valence-corrected chi connectivity index (χ0v) is 10.7. The number of benzene rings is 1. The van der Waals surface area contributed by atoms with Gasteiger partial charge in [0.05, 0.1) is 10.6 Å². The number of nitrogens with zero attached hydrogens (tertiary/aromatic N) is 1. The first-order chi connectivity index (χ1) is 8.93. The molecule has 0 saturated carbocycles. The summed E-state index contributed by atoms with van der Waals surface area (Å²) in [5.74, 6) is 0. The third kappa shape index (κ3) is 2.78. The number of rotatable bonds is 2. The number of hydrogen-bond acceptors (Lipinski definition) is 3. The Hall–Kier alpha value is -1.82. The zero-order chi connectivity index (χ0) is 14.0. The topological polar surface area (TPSA) is 32.6 Å². The molecule has 0 amide bonds. The van der Waals surface area contributed by atoms with Crippen molar-refractivity contribution in [2.75, 3.05) is 0 Å². The summed E-state index contributed by atoms with van der Waals surface area (Å²) in [6.45, 7) is 1.46. The molecule has 0 bridgehead atoms. The normalized spacial score (nSPS) is 12.7. The van der Waals surface area contributed by atoms with E-state index < -0.39 is 11.1 Å². The Morgan fingerprint density at radius 3 is 2.37 bits per heavy atom. The van der Waals surface area contributed by atoms with E-state index in [1.165, 1.54) is 13.0 Å². The van der Waals surface area contributed by atoms with Gasteiger partial charge in [-0.15, -0.1) is 11.3 Å². The van der Waals surface area contributed by atoms with E-state index in [9.17, 15) is 13.2 Å². The van der Waals surface area contributed by atoms with E-state index in [2.05, 4.69) is 5.16 Å². The van der Waals surface area contributed by atoms with Crippen molar-refractivity contribution in [2.45, 2.75) is 13.1 Å². The highest BCUT2D eigenvalue weighted by Gasteiger charge is 2.36. The van der Waals surface area contributed by atoms with Crippen LogP contribution in [0.3, 0.4) is 0 Å². The number of alkyl halides is 3. The lowest BCUT2D eigenvalue weighted by Crippen LogP contribution is -2.03. The number of halogens is 3. The van der Waals surface area contributed by atoms with Crippen molar-refractivity contribution in [3.05, 3.63) is 46.2 Å². The van der Waals surface area contributed by atoms with Gasteiger partial charge in [-0.05, 0) is 18.6 Å². The predicted molar refractivity (Wildman–Crippen MR) is 68.8 cm³/mol. The lowest BCUT2D eigenvalue weighted by molar-refractivity contribution is -0.133. The van der Waals surface area contributed by atoms with E-state index in [-0.39, 0.29) is 11.3 Å². The molecule has 1 aromatic heterocycles. The average Bonchev–Trinajstić information content (AvgIpc) is 2.84. The molecule has 0 saturated heterocycles. The summed E-state index contributed by atoms with van der Waals surface area (Å²) in [4.78, 5) is -0.384. The van der Waals surface area contributed by atoms with E-state index in [1.807, 2.05) is 0 Å². The average molecular weight is 285 g/mol. The van der Waals surface area contributed by atoms with Crippen LogP contribution in [0.2, 0.25) is 0 Å². The van der Waals surface area contributed by atoms with Gasteiger partial charge in [0.2, 0.25) is 0 Å². The Kier molecular flexibility index (Phi) is 3.61. The Balaban J connectivity index is 2.62. The summed E-state index contributed by atoms with van der Waals surface area (Å²) in [7, 11) is 0. The zero-order valence-electron chi connectivity index (χ0n) is 9.90. The molecule has 19 heavy (non-hydrogen) atoms. The van der Waals surface area contributed by atoms with Gasteiger partial charge < -0.3 is 5.21 Å². The quantitative estimate of drug-likeness (QED) is 0.487. The molecule has 0 radical (unpaired) electrons. The molecule has 0 fully saturated rings. The molecule has 1 aromatic carbocycles. The first kappa shape index (κ1) is 13.6. The van der Waals surface area contributed by atoms with Gasteiger partial charge in [0.1, 0.15) is 4.88 Å². The summed E-state index contributed by atoms with van der Waals surface area (Å²) in [6, 6.07) is 9.74. The third-order valence-corrected chi connectivity index (χ3v) is 3.87. The SMILES string of the molecule is C/C(=N/O)c1cc(-c2ccccc2)c(C(F)(F)F)s1. The number of thiophene rings is 1. The second-order valence-corrected chi connectivity index (χ2v) is 4.95. The summed E-state index contributed by atoms with van der Waals surface area (Å²) >= 11 is 0.578. The van der Waals surface area contributed by atoms with Crippen molar-refractivity contribution in [1.29, 1.82) is 0 Å². The van der Waals surface area contributed by atoms with Gasteiger partial charge in [0.25, 0.3) is 0 Å². The van der Waals surface area contributed by atoms with Crippen LogP contribution in [0.25, 0.3) is 11.1 Å². The largest absolute Gasteiger partial charge is 0.426 e. The first-order valence-electron chi connectivity index (χ1n) is 5.39. The molecule has 2 aromatic rings. The number of oxime groups is 1. The van der Waals surface area contributed by atoms with Crippen LogP contribution in [0.5, 0.6) is 0 Å². The molecule has 0 aliphatic carbocycles. The van der Waals surface area contributed by atoms with Crippen molar-refractivity contribution in [3.8, 4) is 11.1 Å². The van der Waals surface area contributed by atoms with Gasteiger partial charge >= 0.3 is 6.18 Å². The van der Waals surface area contributed by atoms with Gasteiger partial charge in [-0.1, -0.05) is 35.5 Å². The van der Waals surface area contributed by atoms with Crippen molar-refractivity contribution in [2.24, 2.45) is 5.16 Å². The van der Waals surface area contributed by atoms with E-state index in [0.717, 1.165) is 0 Å². The highest BCUT2D eigenvalue weighted by molar-refractivity contribution is 7.14. The van der Waals surface area contributed by atoms with E-state index in [4.69, 9.17) is 5.21 Å². The van der Waals surface area contributed by atoms with Crippen LogP contribution in [0.1, 0.15) is 16.7 Å². The molecule has 0 unspecified atom stereocenters. The Labute approximate surface area is 111 Å². The molecule has 0 spiro atoms. The van der Waals surface area contributed by atoms with Crippen molar-refractivity contribution < 1.29 is 18.4 Å². The molecule has 6 heteroatoms. The second-order valence-electron chi connectivity index (χ2n) is 3.90. The predicted octanol–water partition coefficient (Wildman–Crippen LogP) is 4.63. The minimum absolute atomic E-state index is 0.108. The Morgan fingerprint density at radius 2 is 1.84 bits per heavy atom. The third-order valence-electron chi connectivity index (χ3n) is 2.58. The van der Waals surface area contributed by atoms with Crippen molar-refractivity contribution >= 4 is 17.0 Å².